The zero-order valence-corrected chi connectivity index (χ0v) is 23.7. The first-order valence-corrected chi connectivity index (χ1v) is 14.2. The van der Waals surface area contributed by atoms with E-state index in [1.165, 1.54) is 32.2 Å². The average molecular weight is 554 g/mol. The quantitative estimate of drug-likeness (QED) is 0.370. The highest BCUT2D eigenvalue weighted by Crippen LogP contribution is 2.34. The highest BCUT2D eigenvalue weighted by Gasteiger charge is 2.33. The van der Waals surface area contributed by atoms with Crippen LogP contribution in [0.25, 0.3) is 0 Å². The number of hydrogen-bond donors (Lipinski definition) is 1. The van der Waals surface area contributed by atoms with E-state index < -0.39 is 28.5 Å². The fraction of sp³-hybridized carbons (Fsp3) is 0.310. The van der Waals surface area contributed by atoms with Gasteiger partial charge in [0, 0.05) is 26.1 Å². The Bertz CT molecular complexity index is 1400. The van der Waals surface area contributed by atoms with Crippen LogP contribution in [-0.2, 0) is 32.6 Å². The summed E-state index contributed by atoms with van der Waals surface area (Å²) in [4.78, 5) is 28.7. The Kier molecular flexibility index (Phi) is 9.95. The minimum absolute atomic E-state index is 0.119. The van der Waals surface area contributed by atoms with Crippen LogP contribution in [0, 0.1) is 6.92 Å². The Balaban J connectivity index is 2.07. The van der Waals surface area contributed by atoms with E-state index >= 15 is 0 Å². The smallest absolute Gasteiger partial charge is 0.244 e. The van der Waals surface area contributed by atoms with Crippen molar-refractivity contribution in [1.29, 1.82) is 0 Å². The van der Waals surface area contributed by atoms with Crippen molar-refractivity contribution in [2.75, 3.05) is 38.4 Å². The number of benzene rings is 3. The van der Waals surface area contributed by atoms with Crippen molar-refractivity contribution in [1.82, 2.24) is 10.2 Å². The molecule has 0 unspecified atom stereocenters. The third-order valence-corrected chi connectivity index (χ3v) is 7.58. The van der Waals surface area contributed by atoms with Crippen LogP contribution in [0.15, 0.2) is 72.8 Å². The SMILES string of the molecule is CNC(=O)[C@@H](Cc1ccccc1)N(Cc1ccccc1C)C(=O)CN(c1ccc(OC)cc1OC)S(C)(=O)=O. The fourth-order valence-corrected chi connectivity index (χ4v) is 5.13. The van der Waals surface area contributed by atoms with Gasteiger partial charge in [0.05, 0.1) is 26.2 Å². The molecular formula is C29H35N3O6S. The van der Waals surface area contributed by atoms with E-state index in [4.69, 9.17) is 9.47 Å². The number of aryl methyl sites for hydroxylation is 1. The molecule has 0 fully saturated rings. The molecule has 2 amide bonds. The number of carbonyl (C=O) groups excluding carboxylic acids is 2. The van der Waals surface area contributed by atoms with Gasteiger partial charge in [0.25, 0.3) is 0 Å². The average Bonchev–Trinajstić information content (AvgIpc) is 2.93. The predicted molar refractivity (Wildman–Crippen MR) is 151 cm³/mol. The molecule has 0 radical (unpaired) electrons. The lowest BCUT2D eigenvalue weighted by molar-refractivity contribution is -0.139. The molecule has 0 saturated heterocycles. The largest absolute Gasteiger partial charge is 0.497 e. The number of ether oxygens (including phenoxy) is 2. The first-order valence-electron chi connectivity index (χ1n) is 12.4. The summed E-state index contributed by atoms with van der Waals surface area (Å²) < 4.78 is 37.6. The van der Waals surface area contributed by atoms with Crippen LogP contribution in [0.4, 0.5) is 5.69 Å². The second-order valence-electron chi connectivity index (χ2n) is 9.08. The topological polar surface area (TPSA) is 105 Å². The van der Waals surface area contributed by atoms with Crippen LogP contribution in [0.3, 0.4) is 0 Å². The number of carbonyl (C=O) groups is 2. The molecule has 3 rings (SSSR count). The molecule has 39 heavy (non-hydrogen) atoms. The summed E-state index contributed by atoms with van der Waals surface area (Å²) >= 11 is 0. The molecule has 0 bridgehead atoms. The standard InChI is InChI=1S/C29H35N3O6S/c1-21-11-9-10-14-23(21)19-31(26(29(34)30-2)17-22-12-7-6-8-13-22)28(33)20-32(39(5,35)36)25-16-15-24(37-3)18-27(25)38-4/h6-16,18,26H,17,19-20H2,1-5H3,(H,30,34)/t26-/m1/s1. The normalized spacial score (nSPS) is 11.8. The van der Waals surface area contributed by atoms with Crippen molar-refractivity contribution in [2.45, 2.75) is 25.9 Å². The molecule has 10 heteroatoms. The zero-order chi connectivity index (χ0) is 28.6. The highest BCUT2D eigenvalue weighted by molar-refractivity contribution is 7.92. The lowest BCUT2D eigenvalue weighted by atomic mass is 10.0. The number of rotatable bonds is 12. The number of hydrogen-bond acceptors (Lipinski definition) is 6. The summed E-state index contributed by atoms with van der Waals surface area (Å²) in [5.41, 5.74) is 2.85. The Labute approximate surface area is 230 Å². The molecule has 9 nitrogen and oxygen atoms in total. The molecule has 0 aromatic heterocycles. The predicted octanol–water partition coefficient (Wildman–Crippen LogP) is 3.16. The monoisotopic (exact) mass is 553 g/mol. The van der Waals surface area contributed by atoms with Gasteiger partial charge in [0.2, 0.25) is 21.8 Å². The molecule has 0 saturated carbocycles. The van der Waals surface area contributed by atoms with Gasteiger partial charge in [0.15, 0.2) is 0 Å². The van der Waals surface area contributed by atoms with Gasteiger partial charge in [-0.05, 0) is 35.7 Å². The van der Waals surface area contributed by atoms with E-state index in [1.807, 2.05) is 61.5 Å². The number of methoxy groups -OCH3 is 2. The van der Waals surface area contributed by atoms with Gasteiger partial charge in [-0.2, -0.15) is 0 Å². The van der Waals surface area contributed by atoms with Gasteiger partial charge < -0.3 is 19.7 Å². The highest BCUT2D eigenvalue weighted by atomic mass is 32.2. The van der Waals surface area contributed by atoms with Gasteiger partial charge in [-0.15, -0.1) is 0 Å². The molecule has 0 aliphatic heterocycles. The molecule has 3 aromatic carbocycles. The minimum atomic E-state index is -3.93. The molecular weight excluding hydrogens is 518 g/mol. The first-order chi connectivity index (χ1) is 18.6. The van der Waals surface area contributed by atoms with Gasteiger partial charge >= 0.3 is 0 Å². The van der Waals surface area contributed by atoms with Crippen molar-refractivity contribution < 1.29 is 27.5 Å². The van der Waals surface area contributed by atoms with Crippen molar-refractivity contribution in [3.8, 4) is 11.5 Å². The van der Waals surface area contributed by atoms with Crippen LogP contribution in [-0.4, -0.2) is 65.2 Å². The maximum Gasteiger partial charge on any atom is 0.244 e. The number of nitrogens with zero attached hydrogens (tertiary/aromatic N) is 2. The van der Waals surface area contributed by atoms with E-state index in [2.05, 4.69) is 5.32 Å². The van der Waals surface area contributed by atoms with Crippen LogP contribution in [0.5, 0.6) is 11.5 Å². The molecule has 208 valence electrons. The third-order valence-electron chi connectivity index (χ3n) is 6.45. The van der Waals surface area contributed by atoms with Crippen molar-refractivity contribution >= 4 is 27.5 Å². The third kappa shape index (κ3) is 7.51. The lowest BCUT2D eigenvalue weighted by Gasteiger charge is -2.33. The summed E-state index contributed by atoms with van der Waals surface area (Å²) in [5.74, 6) is -0.191. The summed E-state index contributed by atoms with van der Waals surface area (Å²) in [6, 6.07) is 20.7. The van der Waals surface area contributed by atoms with E-state index in [-0.39, 0.29) is 30.3 Å². The first kappa shape index (κ1) is 29.5. The molecule has 0 aliphatic carbocycles. The maximum atomic E-state index is 14.0. The van der Waals surface area contributed by atoms with Gasteiger partial charge in [-0.25, -0.2) is 8.42 Å². The minimum Gasteiger partial charge on any atom is -0.497 e. The summed E-state index contributed by atoms with van der Waals surface area (Å²) in [6.07, 6.45) is 1.28. The Hall–Kier alpha value is -4.05. The molecule has 1 N–H and O–H groups in total. The number of sulfonamides is 1. The molecule has 0 heterocycles. The van der Waals surface area contributed by atoms with Crippen molar-refractivity contribution in [3.05, 3.63) is 89.5 Å². The number of nitrogens with one attached hydrogen (secondary N) is 1. The van der Waals surface area contributed by atoms with E-state index in [1.54, 1.807) is 12.1 Å². The van der Waals surface area contributed by atoms with Crippen LogP contribution < -0.4 is 19.1 Å². The summed E-state index contributed by atoms with van der Waals surface area (Å²) in [5, 5.41) is 2.67. The Morgan fingerprint density at radius 3 is 2.21 bits per heavy atom. The van der Waals surface area contributed by atoms with Crippen LogP contribution >= 0.6 is 0 Å². The van der Waals surface area contributed by atoms with E-state index in [0.717, 1.165) is 27.3 Å². The van der Waals surface area contributed by atoms with Gasteiger partial charge in [0.1, 0.15) is 24.1 Å². The summed E-state index contributed by atoms with van der Waals surface area (Å²) in [7, 11) is 0.487. The lowest BCUT2D eigenvalue weighted by Crippen LogP contribution is -2.53. The van der Waals surface area contributed by atoms with Gasteiger partial charge in [-0.3, -0.25) is 13.9 Å². The molecule has 0 aliphatic rings. The van der Waals surface area contributed by atoms with Crippen LogP contribution in [0.2, 0.25) is 0 Å². The Morgan fingerprint density at radius 1 is 0.949 bits per heavy atom. The number of amides is 2. The second-order valence-corrected chi connectivity index (χ2v) is 11.0. The fourth-order valence-electron chi connectivity index (χ4n) is 4.28. The molecule has 1 atom stereocenters. The maximum absolute atomic E-state index is 14.0. The molecule has 3 aromatic rings. The molecule has 0 spiro atoms. The van der Waals surface area contributed by atoms with Crippen molar-refractivity contribution in [3.63, 3.8) is 0 Å². The zero-order valence-electron chi connectivity index (χ0n) is 22.9. The van der Waals surface area contributed by atoms with E-state index in [9.17, 15) is 18.0 Å². The summed E-state index contributed by atoms with van der Waals surface area (Å²) in [6.45, 7) is 1.51. The number of likely N-dealkylation sites (N-methyl/N-ethyl adjacent to an activating group) is 1. The van der Waals surface area contributed by atoms with E-state index in [0.29, 0.717) is 5.75 Å². The Morgan fingerprint density at radius 2 is 1.62 bits per heavy atom. The second kappa shape index (κ2) is 13.1. The number of anilines is 1. The van der Waals surface area contributed by atoms with Crippen LogP contribution in [0.1, 0.15) is 16.7 Å². The van der Waals surface area contributed by atoms with Gasteiger partial charge in [-0.1, -0.05) is 54.6 Å². The van der Waals surface area contributed by atoms with Crippen molar-refractivity contribution in [2.24, 2.45) is 0 Å².